The highest BCUT2D eigenvalue weighted by Gasteiger charge is 2.33. The van der Waals surface area contributed by atoms with Crippen molar-refractivity contribution in [1.82, 2.24) is 10.2 Å². The largest absolute Gasteiger partial charge is 0.354 e. The average Bonchev–Trinajstić information content (AvgIpc) is 2.91. The molecule has 0 heterocycles. The molecule has 3 rings (SSSR count). The van der Waals surface area contributed by atoms with Gasteiger partial charge in [0.15, 0.2) is 0 Å². The molecule has 214 valence electrons. The van der Waals surface area contributed by atoms with Gasteiger partial charge in [-0.3, -0.25) is 13.9 Å². The minimum atomic E-state index is -4.10. The number of benzene rings is 3. The number of hydrogen-bond donors (Lipinski definition) is 1. The van der Waals surface area contributed by atoms with Crippen molar-refractivity contribution in [3.05, 3.63) is 94.0 Å². The first-order chi connectivity index (χ1) is 19.1. The van der Waals surface area contributed by atoms with E-state index in [-0.39, 0.29) is 17.3 Å². The molecular formula is C31H38BrN3O4S. The molecule has 2 amide bonds. The lowest BCUT2D eigenvalue weighted by atomic mass is 10.1. The number of carbonyl (C=O) groups excluding carboxylic acids is 2. The molecular weight excluding hydrogens is 590 g/mol. The minimum absolute atomic E-state index is 0.0838. The van der Waals surface area contributed by atoms with E-state index < -0.39 is 28.5 Å². The van der Waals surface area contributed by atoms with Gasteiger partial charge in [0.05, 0.1) is 10.6 Å². The molecule has 0 aliphatic rings. The number of aryl methyl sites for hydroxylation is 2. The molecule has 0 aliphatic carbocycles. The average molecular weight is 629 g/mol. The van der Waals surface area contributed by atoms with Crippen LogP contribution in [0, 0.1) is 13.8 Å². The molecule has 3 aromatic rings. The number of rotatable bonds is 13. The van der Waals surface area contributed by atoms with Crippen molar-refractivity contribution in [2.75, 3.05) is 17.4 Å². The molecule has 40 heavy (non-hydrogen) atoms. The topological polar surface area (TPSA) is 86.8 Å². The molecule has 0 saturated carbocycles. The van der Waals surface area contributed by atoms with E-state index in [0.29, 0.717) is 23.1 Å². The first-order valence-electron chi connectivity index (χ1n) is 13.5. The monoisotopic (exact) mass is 627 g/mol. The second-order valence-corrected chi connectivity index (χ2v) is 12.7. The summed E-state index contributed by atoms with van der Waals surface area (Å²) in [7, 11) is -4.10. The second kappa shape index (κ2) is 14.5. The van der Waals surface area contributed by atoms with E-state index in [0.717, 1.165) is 33.8 Å². The summed E-state index contributed by atoms with van der Waals surface area (Å²) in [5.74, 6) is -0.706. The van der Waals surface area contributed by atoms with Crippen LogP contribution in [0.3, 0.4) is 0 Å². The van der Waals surface area contributed by atoms with Crippen molar-refractivity contribution in [2.45, 2.75) is 64.4 Å². The normalized spacial score (nSPS) is 12.0. The molecule has 7 nitrogen and oxygen atoms in total. The summed E-state index contributed by atoms with van der Waals surface area (Å²) >= 11 is 3.42. The molecule has 0 aliphatic heterocycles. The summed E-state index contributed by atoms with van der Waals surface area (Å²) in [6.07, 6.45) is 2.15. The van der Waals surface area contributed by atoms with E-state index in [9.17, 15) is 18.0 Å². The fraction of sp³-hybridized carbons (Fsp3) is 0.355. The fourth-order valence-electron chi connectivity index (χ4n) is 4.43. The minimum Gasteiger partial charge on any atom is -0.354 e. The summed E-state index contributed by atoms with van der Waals surface area (Å²) in [4.78, 5) is 28.9. The number of anilines is 1. The molecule has 3 aromatic carbocycles. The lowest BCUT2D eigenvalue weighted by Crippen LogP contribution is -2.52. The van der Waals surface area contributed by atoms with Gasteiger partial charge in [0.2, 0.25) is 11.8 Å². The van der Waals surface area contributed by atoms with Crippen LogP contribution < -0.4 is 9.62 Å². The maximum Gasteiger partial charge on any atom is 0.264 e. The highest BCUT2D eigenvalue weighted by Crippen LogP contribution is 2.27. The van der Waals surface area contributed by atoms with E-state index in [1.807, 2.05) is 52.0 Å². The molecule has 0 spiro atoms. The number of unbranched alkanes of at least 4 members (excludes halogenated alkanes) is 1. The van der Waals surface area contributed by atoms with Gasteiger partial charge in [0.25, 0.3) is 10.0 Å². The fourth-order valence-corrected chi connectivity index (χ4v) is 6.22. The second-order valence-electron chi connectivity index (χ2n) is 9.88. The third kappa shape index (κ3) is 8.17. The van der Waals surface area contributed by atoms with E-state index in [4.69, 9.17) is 0 Å². The van der Waals surface area contributed by atoms with E-state index in [1.165, 1.54) is 4.90 Å². The molecule has 1 N–H and O–H groups in total. The molecule has 0 saturated heterocycles. The highest BCUT2D eigenvalue weighted by molar-refractivity contribution is 9.10. The van der Waals surface area contributed by atoms with Crippen LogP contribution in [0.15, 0.2) is 82.2 Å². The van der Waals surface area contributed by atoms with Crippen LogP contribution in [0.2, 0.25) is 0 Å². The Morgan fingerprint density at radius 1 is 0.925 bits per heavy atom. The zero-order chi connectivity index (χ0) is 29.3. The maximum atomic E-state index is 14.1. The molecule has 0 fully saturated rings. The predicted octanol–water partition coefficient (Wildman–Crippen LogP) is 5.98. The highest BCUT2D eigenvalue weighted by atomic mass is 79.9. The molecule has 9 heteroatoms. The molecule has 0 bridgehead atoms. The van der Waals surface area contributed by atoms with Gasteiger partial charge in [-0.25, -0.2) is 8.42 Å². The van der Waals surface area contributed by atoms with Gasteiger partial charge < -0.3 is 10.2 Å². The quantitative estimate of drug-likeness (QED) is 0.236. The van der Waals surface area contributed by atoms with Crippen LogP contribution in [-0.4, -0.2) is 44.3 Å². The molecule has 0 aromatic heterocycles. The van der Waals surface area contributed by atoms with Crippen molar-refractivity contribution < 1.29 is 18.0 Å². The van der Waals surface area contributed by atoms with Crippen LogP contribution >= 0.6 is 15.9 Å². The van der Waals surface area contributed by atoms with Gasteiger partial charge in [0.1, 0.15) is 12.6 Å². The number of amides is 2. The van der Waals surface area contributed by atoms with Crippen LogP contribution in [0.1, 0.15) is 49.8 Å². The van der Waals surface area contributed by atoms with Gasteiger partial charge in [-0.15, -0.1) is 0 Å². The summed E-state index contributed by atoms with van der Waals surface area (Å²) < 4.78 is 29.7. The number of nitrogens with zero attached hydrogens (tertiary/aromatic N) is 2. The van der Waals surface area contributed by atoms with Crippen LogP contribution in [0.5, 0.6) is 0 Å². The van der Waals surface area contributed by atoms with Crippen LogP contribution in [0.25, 0.3) is 0 Å². The number of carbonyl (C=O) groups is 2. The Bertz CT molecular complexity index is 1410. The third-order valence-electron chi connectivity index (χ3n) is 6.63. The van der Waals surface area contributed by atoms with E-state index in [2.05, 4.69) is 21.2 Å². The predicted molar refractivity (Wildman–Crippen MR) is 164 cm³/mol. The molecule has 1 atom stereocenters. The molecule has 0 unspecified atom stereocenters. The first-order valence-corrected chi connectivity index (χ1v) is 15.8. The standard InChI is InChI=1S/C31H38BrN3O4S/c1-5-7-18-33-31(37)29(6-2)34(21-25-11-8-10-24(4)19-25)30(36)22-35(27-13-9-12-26(32)20-27)40(38,39)28-16-14-23(3)15-17-28/h8-17,19-20,29H,5-7,18,21-22H2,1-4H3,(H,33,37)/t29-/m0/s1. The van der Waals surface area contributed by atoms with Crippen molar-refractivity contribution in [3.63, 3.8) is 0 Å². The van der Waals surface area contributed by atoms with Crippen molar-refractivity contribution in [3.8, 4) is 0 Å². The smallest absolute Gasteiger partial charge is 0.264 e. The Kier molecular flexibility index (Phi) is 11.3. The Labute approximate surface area is 246 Å². The van der Waals surface area contributed by atoms with Crippen molar-refractivity contribution in [2.24, 2.45) is 0 Å². The lowest BCUT2D eigenvalue weighted by Gasteiger charge is -2.33. The van der Waals surface area contributed by atoms with Crippen molar-refractivity contribution >= 4 is 43.5 Å². The zero-order valence-corrected chi connectivity index (χ0v) is 26.0. The number of sulfonamides is 1. The Morgan fingerprint density at radius 3 is 2.25 bits per heavy atom. The van der Waals surface area contributed by atoms with Gasteiger partial charge in [-0.1, -0.05) is 89.8 Å². The zero-order valence-electron chi connectivity index (χ0n) is 23.6. The van der Waals surface area contributed by atoms with E-state index >= 15 is 0 Å². The Hall–Kier alpha value is -3.17. The Morgan fingerprint density at radius 2 is 1.62 bits per heavy atom. The number of nitrogens with one attached hydrogen (secondary N) is 1. The van der Waals surface area contributed by atoms with Crippen LogP contribution in [-0.2, 0) is 26.2 Å². The van der Waals surface area contributed by atoms with Crippen LogP contribution in [0.4, 0.5) is 5.69 Å². The Balaban J connectivity index is 2.04. The summed E-state index contributed by atoms with van der Waals surface area (Å²) in [5, 5.41) is 2.95. The lowest BCUT2D eigenvalue weighted by molar-refractivity contribution is -0.140. The third-order valence-corrected chi connectivity index (χ3v) is 8.92. The summed E-state index contributed by atoms with van der Waals surface area (Å²) in [6, 6.07) is 20.4. The van der Waals surface area contributed by atoms with Gasteiger partial charge in [-0.2, -0.15) is 0 Å². The van der Waals surface area contributed by atoms with Crippen molar-refractivity contribution in [1.29, 1.82) is 0 Å². The maximum absolute atomic E-state index is 14.1. The number of halogens is 1. The van der Waals surface area contributed by atoms with Gasteiger partial charge in [-0.05, 0) is 62.6 Å². The van der Waals surface area contributed by atoms with Gasteiger partial charge >= 0.3 is 0 Å². The summed E-state index contributed by atoms with van der Waals surface area (Å²) in [6.45, 7) is 7.98. The SMILES string of the molecule is CCCCNC(=O)[C@H](CC)N(Cc1cccc(C)c1)C(=O)CN(c1cccc(Br)c1)S(=O)(=O)c1ccc(C)cc1. The van der Waals surface area contributed by atoms with E-state index in [1.54, 1.807) is 48.5 Å². The van der Waals surface area contributed by atoms with Gasteiger partial charge in [0, 0.05) is 17.6 Å². The first kappa shape index (κ1) is 31.4. The number of hydrogen-bond acceptors (Lipinski definition) is 4. The summed E-state index contributed by atoms with van der Waals surface area (Å²) in [5.41, 5.74) is 3.17. The molecule has 0 radical (unpaired) electrons.